The van der Waals surface area contributed by atoms with Gasteiger partial charge in [-0.05, 0) is 55.7 Å². The Labute approximate surface area is 158 Å². The van der Waals surface area contributed by atoms with Crippen LogP contribution in [0.3, 0.4) is 0 Å². The smallest absolute Gasteiger partial charge is 0.339 e. The van der Waals surface area contributed by atoms with E-state index in [1.54, 1.807) is 13.2 Å². The van der Waals surface area contributed by atoms with Crippen LogP contribution in [0.5, 0.6) is 5.75 Å². The van der Waals surface area contributed by atoms with Gasteiger partial charge in [0.2, 0.25) is 5.91 Å². The summed E-state index contributed by atoms with van der Waals surface area (Å²) in [6.45, 7) is 3.48. The molecule has 0 spiro atoms. The van der Waals surface area contributed by atoms with Crippen LogP contribution in [0.4, 0.5) is 0 Å². The van der Waals surface area contributed by atoms with E-state index in [-0.39, 0.29) is 17.6 Å². The average molecular weight is 370 g/mol. The van der Waals surface area contributed by atoms with Crippen molar-refractivity contribution in [1.82, 2.24) is 4.90 Å². The molecule has 1 amide bonds. The minimum Gasteiger partial charge on any atom is -0.497 e. The second-order valence-corrected chi connectivity index (χ2v) is 7.82. The SMILES string of the molecule is COc1ccc2c(C)c(CCC(=O)N3CC4CCC(N)C4C3)c(=O)oc2c1. The maximum Gasteiger partial charge on any atom is 0.339 e. The van der Waals surface area contributed by atoms with Gasteiger partial charge in [0.05, 0.1) is 7.11 Å². The van der Waals surface area contributed by atoms with Crippen LogP contribution in [-0.4, -0.2) is 37.0 Å². The molecule has 4 rings (SSSR count). The Balaban J connectivity index is 1.49. The highest BCUT2D eigenvalue weighted by molar-refractivity contribution is 5.83. The van der Waals surface area contributed by atoms with E-state index >= 15 is 0 Å². The molecule has 144 valence electrons. The van der Waals surface area contributed by atoms with Crippen LogP contribution < -0.4 is 16.1 Å². The van der Waals surface area contributed by atoms with E-state index in [1.807, 2.05) is 24.0 Å². The number of benzene rings is 1. The topological polar surface area (TPSA) is 85.8 Å². The van der Waals surface area contributed by atoms with Gasteiger partial charge in [0.1, 0.15) is 11.3 Å². The second kappa shape index (κ2) is 7.00. The number of aryl methyl sites for hydroxylation is 1. The molecule has 2 N–H and O–H groups in total. The molecule has 3 atom stereocenters. The number of likely N-dealkylation sites (tertiary alicyclic amines) is 1. The molecule has 1 saturated carbocycles. The van der Waals surface area contributed by atoms with E-state index in [0.29, 0.717) is 41.6 Å². The summed E-state index contributed by atoms with van der Waals surface area (Å²) in [5.41, 5.74) is 7.75. The lowest BCUT2D eigenvalue weighted by atomic mass is 9.98. The van der Waals surface area contributed by atoms with Gasteiger partial charge in [0, 0.05) is 42.6 Å². The summed E-state index contributed by atoms with van der Waals surface area (Å²) in [6, 6.07) is 5.67. The summed E-state index contributed by atoms with van der Waals surface area (Å²) in [6.07, 6.45) is 2.90. The molecule has 2 aromatic rings. The van der Waals surface area contributed by atoms with Gasteiger partial charge in [0.15, 0.2) is 0 Å². The Hall–Kier alpha value is -2.34. The standard InChI is InChI=1S/C21H26N2O4/c1-12-15-5-4-14(26-2)9-19(15)27-21(25)16(12)6-8-20(24)23-10-13-3-7-18(22)17(13)11-23/h4-5,9,13,17-18H,3,6-8,10-11,22H2,1-2H3. The Kier molecular flexibility index (Phi) is 4.68. The molecule has 2 aliphatic rings. The molecule has 1 saturated heterocycles. The Bertz CT molecular complexity index is 936. The van der Waals surface area contributed by atoms with Gasteiger partial charge in [-0.1, -0.05) is 0 Å². The Morgan fingerprint density at radius 1 is 1.33 bits per heavy atom. The van der Waals surface area contributed by atoms with Crippen LogP contribution in [0.15, 0.2) is 27.4 Å². The van der Waals surface area contributed by atoms with Crippen LogP contribution in [-0.2, 0) is 11.2 Å². The zero-order chi connectivity index (χ0) is 19.1. The number of carbonyl (C=O) groups excluding carboxylic acids is 1. The van der Waals surface area contributed by atoms with Crippen LogP contribution >= 0.6 is 0 Å². The molecule has 2 heterocycles. The third kappa shape index (κ3) is 3.23. The van der Waals surface area contributed by atoms with Crippen molar-refractivity contribution in [3.63, 3.8) is 0 Å². The quantitative estimate of drug-likeness (QED) is 0.834. The van der Waals surface area contributed by atoms with E-state index in [2.05, 4.69) is 0 Å². The molecular formula is C21H26N2O4. The zero-order valence-electron chi connectivity index (χ0n) is 15.9. The highest BCUT2D eigenvalue weighted by Crippen LogP contribution is 2.37. The molecule has 1 aromatic heterocycles. The minimum atomic E-state index is -0.374. The molecule has 1 aliphatic carbocycles. The van der Waals surface area contributed by atoms with Crippen molar-refractivity contribution in [2.24, 2.45) is 17.6 Å². The number of nitrogens with two attached hydrogens (primary N) is 1. The maximum absolute atomic E-state index is 12.7. The van der Waals surface area contributed by atoms with Gasteiger partial charge in [-0.15, -0.1) is 0 Å². The van der Waals surface area contributed by atoms with Crippen molar-refractivity contribution in [2.45, 2.75) is 38.6 Å². The normalized spacial score (nSPS) is 24.4. The second-order valence-electron chi connectivity index (χ2n) is 7.82. The number of ether oxygens (including phenoxy) is 1. The summed E-state index contributed by atoms with van der Waals surface area (Å²) in [4.78, 5) is 27.0. The van der Waals surface area contributed by atoms with E-state index in [9.17, 15) is 9.59 Å². The zero-order valence-corrected chi connectivity index (χ0v) is 15.9. The molecule has 0 radical (unpaired) electrons. The summed E-state index contributed by atoms with van der Waals surface area (Å²) in [5, 5.41) is 0.875. The number of fused-ring (bicyclic) bond motifs is 2. The van der Waals surface area contributed by atoms with Gasteiger partial charge >= 0.3 is 5.63 Å². The third-order valence-corrected chi connectivity index (χ3v) is 6.35. The van der Waals surface area contributed by atoms with E-state index in [1.165, 1.54) is 0 Å². The number of carbonyl (C=O) groups is 1. The highest BCUT2D eigenvalue weighted by Gasteiger charge is 2.42. The van der Waals surface area contributed by atoms with Gasteiger partial charge in [-0.3, -0.25) is 4.79 Å². The van der Waals surface area contributed by atoms with E-state index in [4.69, 9.17) is 14.9 Å². The lowest BCUT2D eigenvalue weighted by molar-refractivity contribution is -0.130. The average Bonchev–Trinajstić information content (AvgIpc) is 3.23. The predicted octanol–water partition coefficient (Wildman–Crippen LogP) is 2.24. The number of amides is 1. The Morgan fingerprint density at radius 3 is 2.89 bits per heavy atom. The van der Waals surface area contributed by atoms with Crippen LogP contribution in [0.1, 0.15) is 30.4 Å². The molecular weight excluding hydrogens is 344 g/mol. The monoisotopic (exact) mass is 370 g/mol. The van der Waals surface area contributed by atoms with E-state index in [0.717, 1.165) is 36.9 Å². The first-order chi connectivity index (χ1) is 13.0. The molecule has 27 heavy (non-hydrogen) atoms. The fourth-order valence-corrected chi connectivity index (χ4v) is 4.69. The van der Waals surface area contributed by atoms with Crippen molar-refractivity contribution in [3.05, 3.63) is 39.7 Å². The summed E-state index contributed by atoms with van der Waals surface area (Å²) >= 11 is 0. The van der Waals surface area contributed by atoms with Crippen molar-refractivity contribution >= 4 is 16.9 Å². The third-order valence-electron chi connectivity index (χ3n) is 6.35. The summed E-state index contributed by atoms with van der Waals surface area (Å²) in [5.74, 6) is 1.74. The highest BCUT2D eigenvalue weighted by atomic mass is 16.5. The van der Waals surface area contributed by atoms with Gasteiger partial charge in [-0.25, -0.2) is 4.79 Å². The Morgan fingerprint density at radius 2 is 2.15 bits per heavy atom. The largest absolute Gasteiger partial charge is 0.497 e. The van der Waals surface area contributed by atoms with Crippen LogP contribution in [0.25, 0.3) is 11.0 Å². The van der Waals surface area contributed by atoms with Crippen molar-refractivity contribution in [1.29, 1.82) is 0 Å². The van der Waals surface area contributed by atoms with Crippen molar-refractivity contribution in [2.75, 3.05) is 20.2 Å². The van der Waals surface area contributed by atoms with E-state index < -0.39 is 0 Å². The molecule has 0 bridgehead atoms. The number of rotatable bonds is 4. The summed E-state index contributed by atoms with van der Waals surface area (Å²) in [7, 11) is 1.57. The van der Waals surface area contributed by atoms with Gasteiger partial charge in [0.25, 0.3) is 0 Å². The lowest BCUT2D eigenvalue weighted by Gasteiger charge is -2.19. The first-order valence-corrected chi connectivity index (χ1v) is 9.61. The first kappa shape index (κ1) is 18.0. The fourth-order valence-electron chi connectivity index (χ4n) is 4.69. The molecule has 6 nitrogen and oxygen atoms in total. The van der Waals surface area contributed by atoms with Crippen molar-refractivity contribution in [3.8, 4) is 5.75 Å². The fraction of sp³-hybridized carbons (Fsp3) is 0.524. The maximum atomic E-state index is 12.7. The van der Waals surface area contributed by atoms with Crippen molar-refractivity contribution < 1.29 is 13.9 Å². The summed E-state index contributed by atoms with van der Waals surface area (Å²) < 4.78 is 10.7. The first-order valence-electron chi connectivity index (χ1n) is 9.61. The number of hydrogen-bond acceptors (Lipinski definition) is 5. The molecule has 3 unspecified atom stereocenters. The minimum absolute atomic E-state index is 0.102. The molecule has 6 heteroatoms. The lowest BCUT2D eigenvalue weighted by Crippen LogP contribution is -2.33. The predicted molar refractivity (Wildman–Crippen MR) is 103 cm³/mol. The number of hydrogen-bond donors (Lipinski definition) is 1. The number of nitrogens with zero attached hydrogens (tertiary/aromatic N) is 1. The van der Waals surface area contributed by atoms with Gasteiger partial charge in [-0.2, -0.15) is 0 Å². The molecule has 2 fully saturated rings. The van der Waals surface area contributed by atoms with Crippen LogP contribution in [0.2, 0.25) is 0 Å². The van der Waals surface area contributed by atoms with Crippen LogP contribution in [0, 0.1) is 18.8 Å². The van der Waals surface area contributed by atoms with Gasteiger partial charge < -0.3 is 19.8 Å². The number of methoxy groups -OCH3 is 1. The molecule has 1 aliphatic heterocycles. The molecule has 1 aromatic carbocycles.